The molecule has 94 valence electrons. The normalized spacial score (nSPS) is 19.5. The van der Waals surface area contributed by atoms with Gasteiger partial charge in [0.1, 0.15) is 5.76 Å². The number of aromatic nitrogens is 1. The second kappa shape index (κ2) is 6.04. The minimum Gasteiger partial charge on any atom is -0.377 e. The molecule has 0 aromatic carbocycles. The maximum Gasteiger partial charge on any atom is 0.287 e. The van der Waals surface area contributed by atoms with Crippen molar-refractivity contribution in [1.29, 1.82) is 0 Å². The number of nitrogens with one attached hydrogen (secondary N) is 1. The SMILES string of the molecule is NNC(=O)c1cc(CSCC2CCCO2)on1. The van der Waals surface area contributed by atoms with Crippen LogP contribution in [-0.2, 0) is 10.5 Å². The summed E-state index contributed by atoms with van der Waals surface area (Å²) in [7, 11) is 0. The zero-order chi connectivity index (χ0) is 12.1. The fourth-order valence-corrected chi connectivity index (χ4v) is 2.61. The molecule has 1 aromatic rings. The molecule has 0 bridgehead atoms. The van der Waals surface area contributed by atoms with Crippen LogP contribution in [0.5, 0.6) is 0 Å². The molecule has 1 atom stereocenters. The number of rotatable bonds is 5. The monoisotopic (exact) mass is 257 g/mol. The van der Waals surface area contributed by atoms with Crippen LogP contribution in [0.25, 0.3) is 0 Å². The maximum absolute atomic E-state index is 11.1. The summed E-state index contributed by atoms with van der Waals surface area (Å²) in [4.78, 5) is 11.1. The summed E-state index contributed by atoms with van der Waals surface area (Å²) in [5, 5.41) is 3.63. The molecule has 7 heteroatoms. The molecule has 1 saturated heterocycles. The quantitative estimate of drug-likeness (QED) is 0.458. The fraction of sp³-hybridized carbons (Fsp3) is 0.600. The number of carbonyl (C=O) groups excluding carboxylic acids is 1. The number of hydrogen-bond donors (Lipinski definition) is 2. The molecule has 0 saturated carbocycles. The van der Waals surface area contributed by atoms with E-state index in [0.29, 0.717) is 17.6 Å². The number of nitrogens with two attached hydrogens (primary N) is 1. The van der Waals surface area contributed by atoms with Crippen molar-refractivity contribution >= 4 is 17.7 Å². The van der Waals surface area contributed by atoms with Crippen molar-refractivity contribution in [3.8, 4) is 0 Å². The third-order valence-corrected chi connectivity index (χ3v) is 3.59. The van der Waals surface area contributed by atoms with Gasteiger partial charge in [-0.1, -0.05) is 5.16 Å². The molecule has 0 aliphatic carbocycles. The van der Waals surface area contributed by atoms with E-state index in [1.165, 1.54) is 0 Å². The standard InChI is InChI=1S/C10H15N3O3S/c11-12-10(14)9-4-8(16-13-9)6-17-5-7-2-1-3-15-7/h4,7H,1-3,5-6,11H2,(H,12,14). The van der Waals surface area contributed by atoms with E-state index < -0.39 is 5.91 Å². The van der Waals surface area contributed by atoms with Gasteiger partial charge in [-0.25, -0.2) is 5.84 Å². The van der Waals surface area contributed by atoms with Crippen LogP contribution in [-0.4, -0.2) is 29.5 Å². The van der Waals surface area contributed by atoms with E-state index in [4.69, 9.17) is 15.1 Å². The zero-order valence-corrected chi connectivity index (χ0v) is 10.2. The highest BCUT2D eigenvalue weighted by molar-refractivity contribution is 7.98. The van der Waals surface area contributed by atoms with Crippen LogP contribution in [0.2, 0.25) is 0 Å². The molecule has 1 aliphatic rings. The highest BCUT2D eigenvalue weighted by atomic mass is 32.2. The summed E-state index contributed by atoms with van der Waals surface area (Å²) >= 11 is 1.71. The van der Waals surface area contributed by atoms with Crippen molar-refractivity contribution < 1.29 is 14.1 Å². The summed E-state index contributed by atoms with van der Waals surface area (Å²) in [6, 6.07) is 1.60. The van der Waals surface area contributed by atoms with Crippen LogP contribution in [0.4, 0.5) is 0 Å². The highest BCUT2D eigenvalue weighted by Gasteiger charge is 2.16. The molecule has 1 amide bonds. The summed E-state index contributed by atoms with van der Waals surface area (Å²) in [6.45, 7) is 0.869. The van der Waals surface area contributed by atoms with Crippen molar-refractivity contribution in [2.45, 2.75) is 24.7 Å². The molecule has 1 aliphatic heterocycles. The first-order chi connectivity index (χ1) is 8.29. The largest absolute Gasteiger partial charge is 0.377 e. The number of nitrogens with zero attached hydrogens (tertiary/aromatic N) is 1. The Labute approximate surface area is 103 Å². The number of carbonyl (C=O) groups is 1. The Balaban J connectivity index is 1.74. The molecule has 3 N–H and O–H groups in total. The topological polar surface area (TPSA) is 90.4 Å². The van der Waals surface area contributed by atoms with Gasteiger partial charge in [-0.3, -0.25) is 10.2 Å². The predicted octanol–water partition coefficient (Wildman–Crippen LogP) is 0.690. The number of hydrogen-bond acceptors (Lipinski definition) is 6. The number of thioether (sulfide) groups is 1. The van der Waals surface area contributed by atoms with Gasteiger partial charge in [0.15, 0.2) is 5.69 Å². The molecule has 2 heterocycles. The first-order valence-electron chi connectivity index (χ1n) is 5.45. The smallest absolute Gasteiger partial charge is 0.287 e. The minimum absolute atomic E-state index is 0.209. The van der Waals surface area contributed by atoms with Gasteiger partial charge < -0.3 is 9.26 Å². The van der Waals surface area contributed by atoms with Gasteiger partial charge in [0.2, 0.25) is 0 Å². The van der Waals surface area contributed by atoms with Gasteiger partial charge in [0, 0.05) is 18.4 Å². The molecule has 6 nitrogen and oxygen atoms in total. The van der Waals surface area contributed by atoms with Crippen molar-refractivity contribution in [3.63, 3.8) is 0 Å². The molecular weight excluding hydrogens is 242 g/mol. The highest BCUT2D eigenvalue weighted by Crippen LogP contribution is 2.20. The minimum atomic E-state index is -0.441. The molecule has 0 spiro atoms. The van der Waals surface area contributed by atoms with Crippen LogP contribution in [0, 0.1) is 0 Å². The van der Waals surface area contributed by atoms with E-state index in [1.807, 2.05) is 5.43 Å². The first kappa shape index (κ1) is 12.4. The van der Waals surface area contributed by atoms with E-state index in [2.05, 4.69) is 5.16 Å². The molecule has 1 unspecified atom stereocenters. The van der Waals surface area contributed by atoms with Crippen molar-refractivity contribution in [1.82, 2.24) is 10.6 Å². The summed E-state index contributed by atoms with van der Waals surface area (Å²) < 4.78 is 10.5. The third kappa shape index (κ3) is 3.45. The number of ether oxygens (including phenoxy) is 1. The summed E-state index contributed by atoms with van der Waals surface area (Å²) in [5.74, 6) is 6.85. The molecule has 1 fully saturated rings. The molecule has 17 heavy (non-hydrogen) atoms. The molecule has 1 aromatic heterocycles. The lowest BCUT2D eigenvalue weighted by atomic mass is 10.3. The zero-order valence-electron chi connectivity index (χ0n) is 9.35. The Hall–Kier alpha value is -1.05. The van der Waals surface area contributed by atoms with Gasteiger partial charge in [-0.15, -0.1) is 0 Å². The van der Waals surface area contributed by atoms with E-state index in [9.17, 15) is 4.79 Å². The van der Waals surface area contributed by atoms with E-state index in [0.717, 1.165) is 25.2 Å². The number of nitrogen functional groups attached to an aromatic ring is 1. The van der Waals surface area contributed by atoms with Crippen LogP contribution in [0.15, 0.2) is 10.6 Å². The number of amides is 1. The van der Waals surface area contributed by atoms with Crippen molar-refractivity contribution in [3.05, 3.63) is 17.5 Å². The second-order valence-electron chi connectivity index (χ2n) is 3.80. The number of hydrazine groups is 1. The van der Waals surface area contributed by atoms with Gasteiger partial charge >= 0.3 is 0 Å². The van der Waals surface area contributed by atoms with Gasteiger partial charge in [0.05, 0.1) is 11.9 Å². The fourth-order valence-electron chi connectivity index (χ4n) is 1.63. The van der Waals surface area contributed by atoms with Crippen molar-refractivity contribution in [2.75, 3.05) is 12.4 Å². The van der Waals surface area contributed by atoms with Crippen molar-refractivity contribution in [2.24, 2.45) is 5.84 Å². The second-order valence-corrected chi connectivity index (χ2v) is 4.83. The lowest BCUT2D eigenvalue weighted by Crippen LogP contribution is -2.30. The van der Waals surface area contributed by atoms with Gasteiger partial charge in [-0.05, 0) is 12.8 Å². The average molecular weight is 257 g/mol. The van der Waals surface area contributed by atoms with Crippen LogP contribution in [0.1, 0.15) is 29.1 Å². The predicted molar refractivity (Wildman–Crippen MR) is 63.3 cm³/mol. The summed E-state index contributed by atoms with van der Waals surface area (Å²) in [6.07, 6.45) is 2.63. The van der Waals surface area contributed by atoms with Gasteiger partial charge in [-0.2, -0.15) is 11.8 Å². The van der Waals surface area contributed by atoms with E-state index in [-0.39, 0.29) is 5.69 Å². The molecular formula is C10H15N3O3S. The van der Waals surface area contributed by atoms with E-state index >= 15 is 0 Å². The lowest BCUT2D eigenvalue weighted by molar-refractivity contribution is 0.0944. The third-order valence-electron chi connectivity index (χ3n) is 2.49. The maximum atomic E-state index is 11.1. The Morgan fingerprint density at radius 2 is 2.59 bits per heavy atom. The average Bonchev–Trinajstić information content (AvgIpc) is 2.99. The van der Waals surface area contributed by atoms with Crippen LogP contribution < -0.4 is 11.3 Å². The van der Waals surface area contributed by atoms with Gasteiger partial charge in [0.25, 0.3) is 5.91 Å². The van der Waals surface area contributed by atoms with Crippen LogP contribution in [0.3, 0.4) is 0 Å². The van der Waals surface area contributed by atoms with E-state index in [1.54, 1.807) is 17.8 Å². The Kier molecular flexibility index (Phi) is 4.41. The Morgan fingerprint density at radius 1 is 1.71 bits per heavy atom. The lowest BCUT2D eigenvalue weighted by Gasteiger charge is -2.06. The summed E-state index contributed by atoms with van der Waals surface area (Å²) in [5.41, 5.74) is 2.22. The molecule has 0 radical (unpaired) electrons. The Morgan fingerprint density at radius 3 is 3.29 bits per heavy atom. The van der Waals surface area contributed by atoms with Crippen LogP contribution >= 0.6 is 11.8 Å². The molecule has 2 rings (SSSR count). The Bertz CT molecular complexity index is 377. The first-order valence-corrected chi connectivity index (χ1v) is 6.61.